The molecule has 0 aliphatic heterocycles. The van der Waals surface area contributed by atoms with Crippen molar-refractivity contribution in [2.24, 2.45) is 0 Å². The molecular weight excluding hydrogens is 290 g/mol. The van der Waals surface area contributed by atoms with Gasteiger partial charge in [0.05, 0.1) is 10.2 Å². The minimum Gasteiger partial charge on any atom is -0.382 e. The van der Waals surface area contributed by atoms with Crippen molar-refractivity contribution in [2.75, 3.05) is 5.73 Å². The molecule has 2 aromatic carbocycles. The Kier molecular flexibility index (Phi) is 3.09. The molecule has 4 heteroatoms. The highest BCUT2D eigenvalue weighted by atomic mass is 32.1. The number of anilines is 1. The summed E-state index contributed by atoms with van der Waals surface area (Å²) < 4.78 is 1.09. The third-order valence-corrected chi connectivity index (χ3v) is 4.55. The summed E-state index contributed by atoms with van der Waals surface area (Å²) in [6.45, 7) is 0. The SMILES string of the molecule is Nc1nc2ccccc2c2sc(/C=C/c3ccccc3)nc12. The average molecular weight is 303 g/mol. The number of rotatable bonds is 2. The number of para-hydroxylation sites is 1. The number of nitrogens with zero attached hydrogens (tertiary/aromatic N) is 2. The van der Waals surface area contributed by atoms with E-state index in [-0.39, 0.29) is 0 Å². The summed E-state index contributed by atoms with van der Waals surface area (Å²) in [7, 11) is 0. The second-order valence-corrected chi connectivity index (χ2v) is 6.02. The van der Waals surface area contributed by atoms with Crippen molar-refractivity contribution in [2.45, 2.75) is 0 Å². The molecule has 4 rings (SSSR count). The van der Waals surface area contributed by atoms with Crippen LogP contribution in [0.1, 0.15) is 10.6 Å². The highest BCUT2D eigenvalue weighted by molar-refractivity contribution is 7.20. The molecule has 0 amide bonds. The van der Waals surface area contributed by atoms with Crippen LogP contribution in [-0.4, -0.2) is 9.97 Å². The maximum absolute atomic E-state index is 6.05. The molecule has 0 aliphatic rings. The topological polar surface area (TPSA) is 51.8 Å². The van der Waals surface area contributed by atoms with Crippen molar-refractivity contribution in [3.05, 3.63) is 65.2 Å². The number of benzene rings is 2. The lowest BCUT2D eigenvalue weighted by Gasteiger charge is -1.99. The van der Waals surface area contributed by atoms with Crippen LogP contribution in [0.2, 0.25) is 0 Å². The molecule has 3 nitrogen and oxygen atoms in total. The van der Waals surface area contributed by atoms with Gasteiger partial charge in [0.2, 0.25) is 0 Å². The number of nitrogens with two attached hydrogens (primary N) is 1. The van der Waals surface area contributed by atoms with Crippen LogP contribution in [0, 0.1) is 0 Å². The molecule has 0 unspecified atom stereocenters. The van der Waals surface area contributed by atoms with Gasteiger partial charge in [-0.3, -0.25) is 0 Å². The summed E-state index contributed by atoms with van der Waals surface area (Å²) >= 11 is 1.64. The Morgan fingerprint density at radius 2 is 1.64 bits per heavy atom. The molecule has 0 spiro atoms. The van der Waals surface area contributed by atoms with Gasteiger partial charge in [0.1, 0.15) is 10.5 Å². The van der Waals surface area contributed by atoms with Gasteiger partial charge in [0.15, 0.2) is 5.82 Å². The number of hydrogen-bond donors (Lipinski definition) is 1. The zero-order valence-electron chi connectivity index (χ0n) is 11.7. The maximum Gasteiger partial charge on any atom is 0.151 e. The van der Waals surface area contributed by atoms with E-state index in [0.717, 1.165) is 31.7 Å². The fraction of sp³-hybridized carbons (Fsp3) is 0. The molecular formula is C18H13N3S. The second kappa shape index (κ2) is 5.24. The van der Waals surface area contributed by atoms with Crippen LogP contribution in [0.4, 0.5) is 5.82 Å². The summed E-state index contributed by atoms with van der Waals surface area (Å²) in [6, 6.07) is 18.2. The van der Waals surface area contributed by atoms with E-state index in [1.807, 2.05) is 42.5 Å². The Morgan fingerprint density at radius 3 is 2.50 bits per heavy atom. The monoisotopic (exact) mass is 303 g/mol. The number of pyridine rings is 1. The predicted octanol–water partition coefficient (Wildman–Crippen LogP) is 4.60. The Labute approximate surface area is 131 Å². The summed E-state index contributed by atoms with van der Waals surface area (Å²) in [6.07, 6.45) is 4.08. The van der Waals surface area contributed by atoms with Gasteiger partial charge >= 0.3 is 0 Å². The first-order valence-corrected chi connectivity index (χ1v) is 7.81. The first-order chi connectivity index (χ1) is 10.8. The minimum atomic E-state index is 0.490. The number of thiazole rings is 1. The minimum absolute atomic E-state index is 0.490. The van der Waals surface area contributed by atoms with Crippen molar-refractivity contribution >= 4 is 50.4 Å². The van der Waals surface area contributed by atoms with E-state index in [1.54, 1.807) is 11.3 Å². The third kappa shape index (κ3) is 2.23. The molecule has 0 bridgehead atoms. The third-order valence-electron chi connectivity index (χ3n) is 3.49. The zero-order valence-corrected chi connectivity index (χ0v) is 12.5. The van der Waals surface area contributed by atoms with Gasteiger partial charge in [0, 0.05) is 5.39 Å². The molecule has 2 N–H and O–H groups in total. The number of aromatic nitrogens is 2. The highest BCUT2D eigenvalue weighted by Crippen LogP contribution is 2.32. The summed E-state index contributed by atoms with van der Waals surface area (Å²) in [4.78, 5) is 9.05. The number of nitrogen functional groups attached to an aromatic ring is 1. The van der Waals surface area contributed by atoms with E-state index in [4.69, 9.17) is 5.73 Å². The van der Waals surface area contributed by atoms with Crippen LogP contribution < -0.4 is 5.73 Å². The van der Waals surface area contributed by atoms with Gasteiger partial charge in [0.25, 0.3) is 0 Å². The van der Waals surface area contributed by atoms with E-state index in [9.17, 15) is 0 Å². The lowest BCUT2D eigenvalue weighted by atomic mass is 10.2. The number of hydrogen-bond acceptors (Lipinski definition) is 4. The van der Waals surface area contributed by atoms with Crippen molar-refractivity contribution in [3.63, 3.8) is 0 Å². The lowest BCUT2D eigenvalue weighted by molar-refractivity contribution is 1.39. The summed E-state index contributed by atoms with van der Waals surface area (Å²) in [5.41, 5.74) is 8.90. The zero-order chi connectivity index (χ0) is 14.9. The van der Waals surface area contributed by atoms with Crippen LogP contribution in [-0.2, 0) is 0 Å². The number of fused-ring (bicyclic) bond motifs is 3. The second-order valence-electron chi connectivity index (χ2n) is 4.99. The summed E-state index contributed by atoms with van der Waals surface area (Å²) in [5.74, 6) is 0.490. The Morgan fingerprint density at radius 1 is 0.864 bits per heavy atom. The van der Waals surface area contributed by atoms with E-state index in [2.05, 4.69) is 34.2 Å². The lowest BCUT2D eigenvalue weighted by Crippen LogP contribution is -1.92. The Hall–Kier alpha value is -2.72. The predicted molar refractivity (Wildman–Crippen MR) is 94.7 cm³/mol. The molecule has 0 fully saturated rings. The van der Waals surface area contributed by atoms with Gasteiger partial charge < -0.3 is 5.73 Å². The van der Waals surface area contributed by atoms with Crippen molar-refractivity contribution in [1.82, 2.24) is 9.97 Å². The van der Waals surface area contributed by atoms with Crippen molar-refractivity contribution in [1.29, 1.82) is 0 Å². The molecule has 4 aromatic rings. The van der Waals surface area contributed by atoms with E-state index in [1.165, 1.54) is 0 Å². The fourth-order valence-electron chi connectivity index (χ4n) is 2.44. The first kappa shape index (κ1) is 13.0. The van der Waals surface area contributed by atoms with E-state index in [0.29, 0.717) is 5.82 Å². The van der Waals surface area contributed by atoms with Gasteiger partial charge in [-0.05, 0) is 17.7 Å². The molecule has 2 heterocycles. The highest BCUT2D eigenvalue weighted by Gasteiger charge is 2.10. The van der Waals surface area contributed by atoms with Gasteiger partial charge in [-0.1, -0.05) is 54.6 Å². The van der Waals surface area contributed by atoms with Crippen LogP contribution in [0.3, 0.4) is 0 Å². The molecule has 0 radical (unpaired) electrons. The standard InChI is InChI=1S/C18H13N3S/c19-18-16-17(13-8-4-5-9-14(13)20-18)22-15(21-16)11-10-12-6-2-1-3-7-12/h1-11H,(H2,19,20)/b11-10+. The van der Waals surface area contributed by atoms with E-state index < -0.39 is 0 Å². The molecule has 0 saturated heterocycles. The van der Waals surface area contributed by atoms with Gasteiger partial charge in [-0.15, -0.1) is 11.3 Å². The smallest absolute Gasteiger partial charge is 0.151 e. The van der Waals surface area contributed by atoms with Gasteiger partial charge in [-0.2, -0.15) is 0 Å². The van der Waals surface area contributed by atoms with Crippen LogP contribution in [0.15, 0.2) is 54.6 Å². The fourth-order valence-corrected chi connectivity index (χ4v) is 3.45. The molecule has 0 aliphatic carbocycles. The normalized spacial score (nSPS) is 11.6. The molecule has 0 saturated carbocycles. The summed E-state index contributed by atoms with van der Waals surface area (Å²) in [5, 5.41) is 2.03. The molecule has 106 valence electrons. The Balaban J connectivity index is 1.85. The maximum atomic E-state index is 6.05. The van der Waals surface area contributed by atoms with Crippen LogP contribution >= 0.6 is 11.3 Å². The average Bonchev–Trinajstić information content (AvgIpc) is 2.99. The largest absolute Gasteiger partial charge is 0.382 e. The van der Waals surface area contributed by atoms with E-state index >= 15 is 0 Å². The first-order valence-electron chi connectivity index (χ1n) is 6.99. The quantitative estimate of drug-likeness (QED) is 0.589. The molecule has 0 atom stereocenters. The molecule has 22 heavy (non-hydrogen) atoms. The van der Waals surface area contributed by atoms with Crippen molar-refractivity contribution < 1.29 is 0 Å². The van der Waals surface area contributed by atoms with Crippen LogP contribution in [0.25, 0.3) is 33.3 Å². The van der Waals surface area contributed by atoms with Gasteiger partial charge in [-0.25, -0.2) is 9.97 Å². The van der Waals surface area contributed by atoms with Crippen LogP contribution in [0.5, 0.6) is 0 Å². The Bertz CT molecular complexity index is 987. The van der Waals surface area contributed by atoms with Crippen molar-refractivity contribution in [3.8, 4) is 0 Å². The molecule has 2 aromatic heterocycles.